The number of rotatable bonds is 7. The van der Waals surface area contributed by atoms with Gasteiger partial charge >= 0.3 is 0 Å². The Bertz CT molecular complexity index is 1720. The van der Waals surface area contributed by atoms with Crippen molar-refractivity contribution in [2.45, 2.75) is 26.2 Å². The van der Waals surface area contributed by atoms with Gasteiger partial charge in [-0.2, -0.15) is 0 Å². The Hall–Kier alpha value is -4.97. The fourth-order valence-electron chi connectivity index (χ4n) is 4.67. The first-order valence-electron chi connectivity index (χ1n) is 12.8. The fraction of sp³-hybridized carbons (Fsp3) is 0.167. The van der Waals surface area contributed by atoms with Crippen molar-refractivity contribution >= 4 is 11.8 Å². The lowest BCUT2D eigenvalue weighted by molar-refractivity contribution is 0.0724. The molecule has 8 nitrogen and oxygen atoms in total. The Balaban J connectivity index is 1.60. The van der Waals surface area contributed by atoms with Crippen LogP contribution >= 0.6 is 0 Å². The number of benzene rings is 3. The summed E-state index contributed by atoms with van der Waals surface area (Å²) in [6.45, 7) is -1.17. The van der Waals surface area contributed by atoms with Crippen molar-refractivity contribution in [3.05, 3.63) is 134 Å². The van der Waals surface area contributed by atoms with Crippen LogP contribution in [0.25, 0.3) is 0 Å². The zero-order valence-corrected chi connectivity index (χ0v) is 22.0. The highest BCUT2D eigenvalue weighted by Crippen LogP contribution is 2.26. The van der Waals surface area contributed by atoms with E-state index in [1.807, 2.05) is 0 Å². The van der Waals surface area contributed by atoms with Crippen LogP contribution in [0.1, 0.15) is 43.1 Å². The van der Waals surface area contributed by atoms with Crippen LogP contribution in [0.3, 0.4) is 0 Å². The Morgan fingerprint density at radius 1 is 0.905 bits per heavy atom. The van der Waals surface area contributed by atoms with E-state index in [4.69, 9.17) is 10.5 Å². The molecule has 3 aromatic carbocycles. The lowest BCUT2D eigenvalue weighted by Crippen LogP contribution is -2.41. The molecule has 0 atom stereocenters. The van der Waals surface area contributed by atoms with Crippen LogP contribution in [-0.4, -0.2) is 28.0 Å². The molecule has 4 aromatic rings. The molecule has 42 heavy (non-hydrogen) atoms. The summed E-state index contributed by atoms with van der Waals surface area (Å²) >= 11 is 0. The lowest BCUT2D eigenvalue weighted by atomic mass is 10.0. The van der Waals surface area contributed by atoms with E-state index < -0.39 is 63.9 Å². The maximum atomic E-state index is 14.2. The average Bonchev–Trinajstić information content (AvgIpc) is 2.95. The molecule has 0 radical (unpaired) electrons. The molecule has 0 aliphatic carbocycles. The molecule has 3 N–H and O–H groups in total. The Labute approximate surface area is 236 Å². The van der Waals surface area contributed by atoms with Gasteiger partial charge in [-0.3, -0.25) is 14.4 Å². The number of ether oxygens (including phenoxy) is 1. The first-order valence-corrected chi connectivity index (χ1v) is 12.8. The minimum Gasteiger partial charge on any atom is -0.483 e. The zero-order valence-electron chi connectivity index (χ0n) is 22.0. The average molecular weight is 581 g/mol. The normalized spacial score (nSPS) is 12.7. The summed E-state index contributed by atoms with van der Waals surface area (Å²) in [5.41, 5.74) is 5.37. The molecule has 0 saturated heterocycles. The number of nitrogens with zero attached hydrogens (tertiary/aromatic N) is 2. The molecule has 0 unspecified atom stereocenters. The van der Waals surface area contributed by atoms with Gasteiger partial charge in [0.1, 0.15) is 35.4 Å². The fourth-order valence-corrected chi connectivity index (χ4v) is 4.67. The molecule has 1 aliphatic heterocycles. The number of fused-ring (bicyclic) bond motifs is 2. The molecule has 0 fully saturated rings. The van der Waals surface area contributed by atoms with Crippen LogP contribution in [0.5, 0.6) is 5.75 Å². The molecule has 1 aliphatic rings. The standard InChI is InChI=1S/C30H24F4N4O4/c31-20-7-6-18-12-37-14-23(29(40)36-11-22-24(33)9-21(32)10-25(22)34)27(39)28(42-15-17-4-2-1-3-5-17)26(37)30(41)38(16-35)13-19(18)8-20/h1-10,14H,11-13,15-16,35H2,(H,36,40). The smallest absolute Gasteiger partial charge is 0.275 e. The summed E-state index contributed by atoms with van der Waals surface area (Å²) in [4.78, 5) is 41.8. The van der Waals surface area contributed by atoms with E-state index in [0.717, 1.165) is 6.20 Å². The number of halogens is 4. The number of nitrogens with one attached hydrogen (secondary N) is 1. The van der Waals surface area contributed by atoms with Gasteiger partial charge in [-0.1, -0.05) is 36.4 Å². The van der Waals surface area contributed by atoms with Crippen LogP contribution < -0.4 is 21.2 Å². The minimum atomic E-state index is -1.22. The van der Waals surface area contributed by atoms with Crippen molar-refractivity contribution in [1.82, 2.24) is 14.8 Å². The van der Waals surface area contributed by atoms with E-state index in [9.17, 15) is 31.9 Å². The van der Waals surface area contributed by atoms with E-state index in [-0.39, 0.29) is 32.1 Å². The third-order valence-electron chi connectivity index (χ3n) is 6.82. The Morgan fingerprint density at radius 3 is 2.31 bits per heavy atom. The van der Waals surface area contributed by atoms with Crippen molar-refractivity contribution in [3.8, 4) is 5.75 Å². The SMILES string of the molecule is NCN1Cc2cc(F)ccc2Cn2cc(C(=O)NCc3c(F)cc(F)cc3F)c(=O)c(OCc3ccccc3)c2C1=O. The topological polar surface area (TPSA) is 107 Å². The molecule has 5 rings (SSSR count). The van der Waals surface area contributed by atoms with Crippen molar-refractivity contribution < 1.29 is 31.9 Å². The number of aromatic nitrogens is 1. The first kappa shape index (κ1) is 28.6. The van der Waals surface area contributed by atoms with E-state index in [2.05, 4.69) is 5.32 Å². The number of carbonyl (C=O) groups excluding carboxylic acids is 2. The summed E-state index contributed by atoms with van der Waals surface area (Å²) in [6, 6.07) is 13.7. The van der Waals surface area contributed by atoms with Crippen LogP contribution in [0.2, 0.25) is 0 Å². The monoisotopic (exact) mass is 580 g/mol. The maximum Gasteiger partial charge on any atom is 0.275 e. The van der Waals surface area contributed by atoms with Gasteiger partial charge in [0.05, 0.1) is 6.67 Å². The van der Waals surface area contributed by atoms with E-state index in [1.165, 1.54) is 27.7 Å². The van der Waals surface area contributed by atoms with Crippen molar-refractivity contribution in [2.24, 2.45) is 5.73 Å². The largest absolute Gasteiger partial charge is 0.483 e. The molecule has 216 valence electrons. The molecule has 0 saturated carbocycles. The molecule has 1 aromatic heterocycles. The summed E-state index contributed by atoms with van der Waals surface area (Å²) in [7, 11) is 0. The van der Waals surface area contributed by atoms with Crippen LogP contribution in [-0.2, 0) is 26.2 Å². The highest BCUT2D eigenvalue weighted by Gasteiger charge is 2.31. The van der Waals surface area contributed by atoms with Gasteiger partial charge in [-0.05, 0) is 28.8 Å². The number of carbonyl (C=O) groups is 2. The van der Waals surface area contributed by atoms with Crippen molar-refractivity contribution in [1.29, 1.82) is 0 Å². The third-order valence-corrected chi connectivity index (χ3v) is 6.82. The van der Waals surface area contributed by atoms with Crippen LogP contribution in [0, 0.1) is 23.3 Å². The number of pyridine rings is 1. The van der Waals surface area contributed by atoms with E-state index in [1.54, 1.807) is 30.3 Å². The van der Waals surface area contributed by atoms with Gasteiger partial charge in [0.2, 0.25) is 5.43 Å². The van der Waals surface area contributed by atoms with E-state index >= 15 is 0 Å². The highest BCUT2D eigenvalue weighted by molar-refractivity contribution is 5.99. The second-order valence-electron chi connectivity index (χ2n) is 9.58. The molecule has 0 bridgehead atoms. The van der Waals surface area contributed by atoms with Gasteiger partial charge in [-0.15, -0.1) is 0 Å². The third kappa shape index (κ3) is 5.75. The maximum absolute atomic E-state index is 14.2. The molecular weight excluding hydrogens is 556 g/mol. The quantitative estimate of drug-likeness (QED) is 0.323. The van der Waals surface area contributed by atoms with Crippen molar-refractivity contribution in [2.75, 3.05) is 6.67 Å². The predicted molar refractivity (Wildman–Crippen MR) is 143 cm³/mol. The van der Waals surface area contributed by atoms with Gasteiger partial charge in [0.25, 0.3) is 11.8 Å². The zero-order chi connectivity index (χ0) is 30.0. The first-order chi connectivity index (χ1) is 20.2. The van der Waals surface area contributed by atoms with Gasteiger partial charge < -0.3 is 25.3 Å². The van der Waals surface area contributed by atoms with E-state index in [0.29, 0.717) is 28.8 Å². The summed E-state index contributed by atoms with van der Waals surface area (Å²) < 4.78 is 62.9. The lowest BCUT2D eigenvalue weighted by Gasteiger charge is -2.29. The molecule has 12 heteroatoms. The Morgan fingerprint density at radius 2 is 1.62 bits per heavy atom. The van der Waals surface area contributed by atoms with Gasteiger partial charge in [0, 0.05) is 43.5 Å². The number of amides is 2. The molecule has 2 heterocycles. The molecule has 0 spiro atoms. The van der Waals surface area contributed by atoms with Crippen LogP contribution in [0.15, 0.2) is 71.7 Å². The Kier molecular flexibility index (Phi) is 8.07. The van der Waals surface area contributed by atoms with Gasteiger partial charge in [0.15, 0.2) is 11.4 Å². The second-order valence-corrected chi connectivity index (χ2v) is 9.58. The number of hydrogen-bond acceptors (Lipinski definition) is 5. The summed E-state index contributed by atoms with van der Waals surface area (Å²) in [5, 5.41) is 2.28. The van der Waals surface area contributed by atoms with Crippen molar-refractivity contribution in [3.63, 3.8) is 0 Å². The number of nitrogens with two attached hydrogens (primary N) is 1. The summed E-state index contributed by atoms with van der Waals surface area (Å²) in [6.07, 6.45) is 1.13. The van der Waals surface area contributed by atoms with Gasteiger partial charge in [-0.25, -0.2) is 17.6 Å². The highest BCUT2D eigenvalue weighted by atomic mass is 19.1. The number of hydrogen-bond donors (Lipinski definition) is 2. The molecule has 2 amide bonds. The van der Waals surface area contributed by atoms with Crippen LogP contribution in [0.4, 0.5) is 17.6 Å². The molecular formula is C30H24F4N4O4. The minimum absolute atomic E-state index is 0.0359. The summed E-state index contributed by atoms with van der Waals surface area (Å²) in [5.74, 6) is -6.22. The predicted octanol–water partition coefficient (Wildman–Crippen LogP) is 3.83. The second kappa shape index (κ2) is 11.9.